The highest BCUT2D eigenvalue weighted by atomic mass is 16.4. The van der Waals surface area contributed by atoms with Crippen molar-refractivity contribution in [3.8, 4) is 0 Å². The molecule has 21 heavy (non-hydrogen) atoms. The maximum Gasteiger partial charge on any atom is 0.305 e. The van der Waals surface area contributed by atoms with Gasteiger partial charge in [0.15, 0.2) is 5.78 Å². The lowest BCUT2D eigenvalue weighted by molar-refractivity contribution is -0.137. The molecule has 1 unspecified atom stereocenters. The highest BCUT2D eigenvalue weighted by Crippen LogP contribution is 2.08. The minimum absolute atomic E-state index is 0.200. The predicted molar refractivity (Wildman–Crippen MR) is 80.1 cm³/mol. The summed E-state index contributed by atoms with van der Waals surface area (Å²) >= 11 is 0. The normalized spacial score (nSPS) is 11.8. The molecule has 0 saturated heterocycles. The third kappa shape index (κ3) is 4.54. The van der Waals surface area contributed by atoms with Gasteiger partial charge in [-0.1, -0.05) is 60.7 Å². The molecule has 4 nitrogen and oxygen atoms in total. The van der Waals surface area contributed by atoms with Crippen LogP contribution in [-0.4, -0.2) is 22.9 Å². The van der Waals surface area contributed by atoms with Crippen LogP contribution in [0.15, 0.2) is 60.7 Å². The van der Waals surface area contributed by atoms with Gasteiger partial charge in [0, 0.05) is 12.1 Å². The lowest BCUT2D eigenvalue weighted by Gasteiger charge is -2.16. The Balaban J connectivity index is 2.07. The molecule has 0 radical (unpaired) electrons. The highest BCUT2D eigenvalue weighted by Gasteiger charge is 2.22. The van der Waals surface area contributed by atoms with Crippen LogP contribution in [-0.2, 0) is 11.3 Å². The van der Waals surface area contributed by atoms with E-state index in [1.165, 1.54) is 0 Å². The number of hydrogen-bond acceptors (Lipinski definition) is 3. The van der Waals surface area contributed by atoms with Gasteiger partial charge in [-0.15, -0.1) is 0 Å². The molecular weight excluding hydrogens is 266 g/mol. The van der Waals surface area contributed by atoms with E-state index in [1.54, 1.807) is 24.3 Å². The molecule has 0 fully saturated rings. The Labute approximate surface area is 123 Å². The summed E-state index contributed by atoms with van der Waals surface area (Å²) in [4.78, 5) is 23.3. The molecule has 0 aromatic heterocycles. The largest absolute Gasteiger partial charge is 0.481 e. The van der Waals surface area contributed by atoms with Crippen LogP contribution < -0.4 is 5.32 Å². The molecule has 0 aliphatic carbocycles. The SMILES string of the molecule is O=C(O)CC(NCc1ccccc1)C(=O)c1ccccc1. The Kier molecular flexibility index (Phi) is 5.23. The molecule has 2 rings (SSSR count). The lowest BCUT2D eigenvalue weighted by Crippen LogP contribution is -2.38. The van der Waals surface area contributed by atoms with Crippen LogP contribution >= 0.6 is 0 Å². The van der Waals surface area contributed by atoms with Gasteiger partial charge in [0.2, 0.25) is 0 Å². The van der Waals surface area contributed by atoms with Crippen molar-refractivity contribution in [1.29, 1.82) is 0 Å². The number of carboxylic acid groups (broad SMARTS) is 1. The zero-order valence-electron chi connectivity index (χ0n) is 11.5. The topological polar surface area (TPSA) is 66.4 Å². The van der Waals surface area contributed by atoms with E-state index in [-0.39, 0.29) is 12.2 Å². The van der Waals surface area contributed by atoms with Gasteiger partial charge < -0.3 is 10.4 Å². The van der Waals surface area contributed by atoms with Crippen LogP contribution in [0, 0.1) is 0 Å². The minimum atomic E-state index is -0.996. The van der Waals surface area contributed by atoms with Gasteiger partial charge >= 0.3 is 5.97 Å². The van der Waals surface area contributed by atoms with E-state index < -0.39 is 12.0 Å². The lowest BCUT2D eigenvalue weighted by atomic mass is 10.0. The summed E-state index contributed by atoms with van der Waals surface area (Å²) < 4.78 is 0. The molecule has 108 valence electrons. The number of rotatable bonds is 7. The third-order valence-corrected chi connectivity index (χ3v) is 3.15. The van der Waals surface area contributed by atoms with Crippen LogP contribution in [0.4, 0.5) is 0 Å². The Morgan fingerprint density at radius 3 is 2.10 bits per heavy atom. The van der Waals surface area contributed by atoms with Gasteiger partial charge in [-0.3, -0.25) is 9.59 Å². The number of carboxylic acids is 1. The van der Waals surface area contributed by atoms with E-state index in [2.05, 4.69) is 5.32 Å². The first-order valence-electron chi connectivity index (χ1n) is 6.75. The number of nitrogens with one attached hydrogen (secondary N) is 1. The summed E-state index contributed by atoms with van der Waals surface area (Å²) in [5, 5.41) is 12.0. The van der Waals surface area contributed by atoms with Crippen molar-refractivity contribution in [2.45, 2.75) is 19.0 Å². The van der Waals surface area contributed by atoms with Crippen LogP contribution in [0.5, 0.6) is 0 Å². The summed E-state index contributed by atoms with van der Waals surface area (Å²) in [6.07, 6.45) is -0.236. The number of aliphatic carboxylic acids is 1. The second-order valence-electron chi connectivity index (χ2n) is 4.75. The Hall–Kier alpha value is -2.46. The highest BCUT2D eigenvalue weighted by molar-refractivity contribution is 6.01. The molecule has 1 atom stereocenters. The predicted octanol–water partition coefficient (Wildman–Crippen LogP) is 2.50. The van der Waals surface area contributed by atoms with E-state index in [0.29, 0.717) is 12.1 Å². The van der Waals surface area contributed by atoms with Gasteiger partial charge in [0.1, 0.15) is 0 Å². The Bertz CT molecular complexity index is 596. The Morgan fingerprint density at radius 2 is 1.52 bits per heavy atom. The van der Waals surface area contributed by atoms with E-state index in [9.17, 15) is 9.59 Å². The van der Waals surface area contributed by atoms with Crippen molar-refractivity contribution in [3.05, 3.63) is 71.8 Å². The first-order valence-corrected chi connectivity index (χ1v) is 6.75. The molecular formula is C17H17NO3. The van der Waals surface area contributed by atoms with E-state index >= 15 is 0 Å². The summed E-state index contributed by atoms with van der Waals surface area (Å²) in [6, 6.07) is 17.6. The Morgan fingerprint density at radius 1 is 0.952 bits per heavy atom. The smallest absolute Gasteiger partial charge is 0.305 e. The molecule has 2 aromatic rings. The van der Waals surface area contributed by atoms with E-state index in [4.69, 9.17) is 5.11 Å². The molecule has 0 bridgehead atoms. The number of ketones is 1. The van der Waals surface area contributed by atoms with E-state index in [1.807, 2.05) is 36.4 Å². The number of Topliss-reactive ketones (excluding diaryl/α,β-unsaturated/α-hetero) is 1. The maximum atomic E-state index is 12.4. The fourth-order valence-electron chi connectivity index (χ4n) is 2.07. The van der Waals surface area contributed by atoms with Crippen molar-refractivity contribution >= 4 is 11.8 Å². The zero-order valence-corrected chi connectivity index (χ0v) is 11.5. The first kappa shape index (κ1) is 14.9. The van der Waals surface area contributed by atoms with Crippen molar-refractivity contribution in [1.82, 2.24) is 5.32 Å². The summed E-state index contributed by atoms with van der Waals surface area (Å²) in [5.41, 5.74) is 1.53. The van der Waals surface area contributed by atoms with Gasteiger partial charge in [-0.05, 0) is 5.56 Å². The molecule has 4 heteroatoms. The maximum absolute atomic E-state index is 12.4. The number of hydrogen-bond donors (Lipinski definition) is 2. The van der Waals surface area contributed by atoms with Crippen molar-refractivity contribution < 1.29 is 14.7 Å². The van der Waals surface area contributed by atoms with Crippen LogP contribution in [0.2, 0.25) is 0 Å². The fraction of sp³-hybridized carbons (Fsp3) is 0.176. The number of carbonyl (C=O) groups excluding carboxylic acids is 1. The summed E-state index contributed by atoms with van der Waals surface area (Å²) in [5.74, 6) is -1.20. The second-order valence-corrected chi connectivity index (χ2v) is 4.75. The summed E-state index contributed by atoms with van der Waals surface area (Å²) in [6.45, 7) is 0.456. The van der Waals surface area contributed by atoms with E-state index in [0.717, 1.165) is 5.56 Å². The average molecular weight is 283 g/mol. The first-order chi connectivity index (χ1) is 10.2. The minimum Gasteiger partial charge on any atom is -0.481 e. The molecule has 0 amide bonds. The molecule has 0 heterocycles. The van der Waals surface area contributed by atoms with Crippen LogP contribution in [0.1, 0.15) is 22.3 Å². The van der Waals surface area contributed by atoms with Gasteiger partial charge in [-0.25, -0.2) is 0 Å². The van der Waals surface area contributed by atoms with Gasteiger partial charge in [0.05, 0.1) is 12.5 Å². The van der Waals surface area contributed by atoms with Crippen LogP contribution in [0.3, 0.4) is 0 Å². The quantitative estimate of drug-likeness (QED) is 0.766. The van der Waals surface area contributed by atoms with Crippen molar-refractivity contribution in [2.24, 2.45) is 0 Å². The van der Waals surface area contributed by atoms with Crippen LogP contribution in [0.25, 0.3) is 0 Å². The van der Waals surface area contributed by atoms with Crippen molar-refractivity contribution in [2.75, 3.05) is 0 Å². The number of carbonyl (C=O) groups is 2. The van der Waals surface area contributed by atoms with Crippen molar-refractivity contribution in [3.63, 3.8) is 0 Å². The van der Waals surface area contributed by atoms with Gasteiger partial charge in [-0.2, -0.15) is 0 Å². The molecule has 0 aliphatic heterocycles. The molecule has 2 aromatic carbocycles. The molecule has 0 saturated carbocycles. The third-order valence-electron chi connectivity index (χ3n) is 3.15. The second kappa shape index (κ2) is 7.36. The fourth-order valence-corrected chi connectivity index (χ4v) is 2.07. The molecule has 0 spiro atoms. The average Bonchev–Trinajstić information content (AvgIpc) is 2.52. The summed E-state index contributed by atoms with van der Waals surface area (Å²) in [7, 11) is 0. The standard InChI is InChI=1S/C17H17NO3/c19-16(20)11-15(17(21)14-9-5-2-6-10-14)18-12-13-7-3-1-4-8-13/h1-10,15,18H,11-12H2,(H,19,20). The molecule has 0 aliphatic rings. The van der Waals surface area contributed by atoms with Gasteiger partial charge in [0.25, 0.3) is 0 Å². The monoisotopic (exact) mass is 283 g/mol. The number of benzene rings is 2. The molecule has 2 N–H and O–H groups in total. The zero-order chi connectivity index (χ0) is 15.1.